The van der Waals surface area contributed by atoms with Gasteiger partial charge in [-0.15, -0.1) is 0 Å². The van der Waals surface area contributed by atoms with E-state index in [1.165, 1.54) is 11.8 Å². The number of thioether (sulfide) groups is 1. The Kier molecular flexibility index (Phi) is 9.03. The van der Waals surface area contributed by atoms with Crippen LogP contribution in [0.1, 0.15) is 26.7 Å². The van der Waals surface area contributed by atoms with Crippen LogP contribution in [0.5, 0.6) is 0 Å². The fourth-order valence-electron chi connectivity index (χ4n) is 0.880. The standard InChI is InChI=1S/C10H21N3O2S/c1-3-5-12-10(15)13-9(14)7-16-6-4-8(2)11/h8H,3-7,11H2,1-2H3,(H2,12,13,14,15). The zero-order valence-corrected chi connectivity index (χ0v) is 10.7. The first-order chi connectivity index (χ1) is 7.56. The molecule has 0 aromatic carbocycles. The predicted molar refractivity (Wildman–Crippen MR) is 67.4 cm³/mol. The number of amides is 3. The molecule has 0 rings (SSSR count). The summed E-state index contributed by atoms with van der Waals surface area (Å²) in [6.07, 6.45) is 1.73. The molecule has 3 amide bonds. The summed E-state index contributed by atoms with van der Waals surface area (Å²) in [7, 11) is 0. The molecular formula is C10H21N3O2S. The Labute approximate surface area is 101 Å². The van der Waals surface area contributed by atoms with E-state index >= 15 is 0 Å². The van der Waals surface area contributed by atoms with E-state index in [1.807, 2.05) is 13.8 Å². The molecular weight excluding hydrogens is 226 g/mol. The third kappa shape index (κ3) is 9.79. The molecule has 0 saturated carbocycles. The van der Waals surface area contributed by atoms with E-state index in [0.717, 1.165) is 18.6 Å². The molecule has 0 aliphatic heterocycles. The number of rotatable bonds is 7. The van der Waals surface area contributed by atoms with Gasteiger partial charge >= 0.3 is 6.03 Å². The molecule has 0 aliphatic rings. The number of imide groups is 1. The molecule has 4 N–H and O–H groups in total. The maximum absolute atomic E-state index is 11.2. The molecule has 0 saturated heterocycles. The number of urea groups is 1. The number of carbonyl (C=O) groups excluding carboxylic acids is 2. The van der Waals surface area contributed by atoms with Crippen molar-refractivity contribution in [2.24, 2.45) is 5.73 Å². The van der Waals surface area contributed by atoms with Gasteiger partial charge in [0.2, 0.25) is 5.91 Å². The Morgan fingerprint density at radius 2 is 2.12 bits per heavy atom. The summed E-state index contributed by atoms with van der Waals surface area (Å²) in [5, 5.41) is 4.83. The lowest BCUT2D eigenvalue weighted by atomic mass is 10.3. The van der Waals surface area contributed by atoms with Gasteiger partial charge in [0.25, 0.3) is 0 Å². The summed E-state index contributed by atoms with van der Waals surface area (Å²) >= 11 is 1.48. The number of nitrogens with one attached hydrogen (secondary N) is 2. The average Bonchev–Trinajstić information content (AvgIpc) is 2.21. The quantitative estimate of drug-likeness (QED) is 0.578. The van der Waals surface area contributed by atoms with Crippen LogP contribution in [-0.2, 0) is 4.79 Å². The highest BCUT2D eigenvalue weighted by Gasteiger charge is 2.06. The van der Waals surface area contributed by atoms with Crippen molar-refractivity contribution in [2.75, 3.05) is 18.1 Å². The molecule has 1 unspecified atom stereocenters. The van der Waals surface area contributed by atoms with Gasteiger partial charge < -0.3 is 11.1 Å². The highest BCUT2D eigenvalue weighted by atomic mass is 32.2. The molecule has 0 aromatic rings. The van der Waals surface area contributed by atoms with Crippen molar-refractivity contribution in [3.8, 4) is 0 Å². The minimum absolute atomic E-state index is 0.156. The van der Waals surface area contributed by atoms with Crippen LogP contribution in [0.2, 0.25) is 0 Å². The van der Waals surface area contributed by atoms with Gasteiger partial charge in [0.05, 0.1) is 5.75 Å². The molecule has 0 aromatic heterocycles. The Morgan fingerprint density at radius 1 is 1.44 bits per heavy atom. The molecule has 0 aliphatic carbocycles. The van der Waals surface area contributed by atoms with E-state index in [9.17, 15) is 9.59 Å². The fraction of sp³-hybridized carbons (Fsp3) is 0.800. The first-order valence-corrected chi connectivity index (χ1v) is 6.62. The molecule has 0 spiro atoms. The number of nitrogens with two attached hydrogens (primary N) is 1. The first kappa shape index (κ1) is 15.2. The molecule has 1 atom stereocenters. The fourth-order valence-corrected chi connectivity index (χ4v) is 1.82. The molecule has 0 fully saturated rings. The smallest absolute Gasteiger partial charge is 0.321 e. The summed E-state index contributed by atoms with van der Waals surface area (Å²) < 4.78 is 0. The summed E-state index contributed by atoms with van der Waals surface area (Å²) in [4.78, 5) is 22.3. The zero-order chi connectivity index (χ0) is 12.4. The third-order valence-electron chi connectivity index (χ3n) is 1.74. The first-order valence-electron chi connectivity index (χ1n) is 5.47. The van der Waals surface area contributed by atoms with Gasteiger partial charge in [-0.1, -0.05) is 6.92 Å². The number of hydrogen-bond acceptors (Lipinski definition) is 4. The van der Waals surface area contributed by atoms with Gasteiger partial charge in [-0.3, -0.25) is 10.1 Å². The van der Waals surface area contributed by atoms with E-state index in [2.05, 4.69) is 10.6 Å². The Balaban J connectivity index is 3.47. The molecule has 6 heteroatoms. The summed E-state index contributed by atoms with van der Waals surface area (Å²) in [5.74, 6) is 0.872. The minimum atomic E-state index is -0.417. The highest BCUT2D eigenvalue weighted by molar-refractivity contribution is 7.99. The summed E-state index contributed by atoms with van der Waals surface area (Å²) in [6.45, 7) is 4.46. The van der Waals surface area contributed by atoms with E-state index in [0.29, 0.717) is 12.3 Å². The van der Waals surface area contributed by atoms with Crippen LogP contribution in [0.3, 0.4) is 0 Å². The number of hydrogen-bond donors (Lipinski definition) is 3. The van der Waals surface area contributed by atoms with Gasteiger partial charge in [-0.25, -0.2) is 4.79 Å². The largest absolute Gasteiger partial charge is 0.338 e. The van der Waals surface area contributed by atoms with Crippen LogP contribution >= 0.6 is 11.8 Å². The Bertz CT molecular complexity index is 222. The van der Waals surface area contributed by atoms with Crippen molar-refractivity contribution >= 4 is 23.7 Å². The van der Waals surface area contributed by atoms with Crippen LogP contribution in [0.4, 0.5) is 4.79 Å². The molecule has 94 valence electrons. The van der Waals surface area contributed by atoms with Gasteiger partial charge in [0.15, 0.2) is 0 Å². The minimum Gasteiger partial charge on any atom is -0.338 e. The van der Waals surface area contributed by atoms with Gasteiger partial charge in [0.1, 0.15) is 0 Å². The van der Waals surface area contributed by atoms with Crippen LogP contribution in [0, 0.1) is 0 Å². The normalized spacial score (nSPS) is 11.9. The Morgan fingerprint density at radius 3 is 2.69 bits per heavy atom. The van der Waals surface area contributed by atoms with Gasteiger partial charge in [0, 0.05) is 12.6 Å². The van der Waals surface area contributed by atoms with Crippen LogP contribution in [-0.4, -0.2) is 36.0 Å². The van der Waals surface area contributed by atoms with Crippen molar-refractivity contribution < 1.29 is 9.59 Å². The number of carbonyl (C=O) groups is 2. The van der Waals surface area contributed by atoms with Crippen molar-refractivity contribution in [2.45, 2.75) is 32.7 Å². The van der Waals surface area contributed by atoms with Gasteiger partial charge in [-0.2, -0.15) is 11.8 Å². The summed E-state index contributed by atoms with van der Waals surface area (Å²) in [6, 6.07) is -0.261. The third-order valence-corrected chi connectivity index (χ3v) is 2.73. The highest BCUT2D eigenvalue weighted by Crippen LogP contribution is 2.03. The van der Waals surface area contributed by atoms with Crippen LogP contribution in [0.25, 0.3) is 0 Å². The van der Waals surface area contributed by atoms with Gasteiger partial charge in [-0.05, 0) is 25.5 Å². The molecule has 0 heterocycles. The van der Waals surface area contributed by atoms with Crippen molar-refractivity contribution in [3.63, 3.8) is 0 Å². The maximum atomic E-state index is 11.2. The van der Waals surface area contributed by atoms with Crippen LogP contribution < -0.4 is 16.4 Å². The Hall–Kier alpha value is -0.750. The molecule has 5 nitrogen and oxygen atoms in total. The van der Waals surface area contributed by atoms with E-state index < -0.39 is 6.03 Å². The van der Waals surface area contributed by atoms with Crippen molar-refractivity contribution in [1.82, 2.24) is 10.6 Å². The predicted octanol–water partition coefficient (Wildman–Crippen LogP) is 0.693. The topological polar surface area (TPSA) is 84.2 Å². The average molecular weight is 247 g/mol. The second kappa shape index (κ2) is 9.47. The molecule has 0 radical (unpaired) electrons. The van der Waals surface area contributed by atoms with E-state index in [1.54, 1.807) is 0 Å². The lowest BCUT2D eigenvalue weighted by molar-refractivity contribution is -0.117. The van der Waals surface area contributed by atoms with Crippen molar-refractivity contribution in [1.29, 1.82) is 0 Å². The lowest BCUT2D eigenvalue weighted by Crippen LogP contribution is -2.40. The lowest BCUT2D eigenvalue weighted by Gasteiger charge is -2.06. The summed E-state index contributed by atoms with van der Waals surface area (Å²) in [5.41, 5.74) is 5.57. The maximum Gasteiger partial charge on any atom is 0.321 e. The van der Waals surface area contributed by atoms with E-state index in [-0.39, 0.29) is 11.9 Å². The van der Waals surface area contributed by atoms with E-state index in [4.69, 9.17) is 5.73 Å². The van der Waals surface area contributed by atoms with Crippen molar-refractivity contribution in [3.05, 3.63) is 0 Å². The molecule has 0 bridgehead atoms. The molecule has 16 heavy (non-hydrogen) atoms. The zero-order valence-electron chi connectivity index (χ0n) is 9.91. The second-order valence-electron chi connectivity index (χ2n) is 3.62. The monoisotopic (exact) mass is 247 g/mol. The second-order valence-corrected chi connectivity index (χ2v) is 4.73. The van der Waals surface area contributed by atoms with Crippen LogP contribution in [0.15, 0.2) is 0 Å². The SMILES string of the molecule is CCCNC(=O)NC(=O)CSCCC(C)N.